The first kappa shape index (κ1) is 13.6. The molecule has 6 heteroatoms. The number of carbonyl (C=O) groups excluding carboxylic acids is 1. The predicted octanol–water partition coefficient (Wildman–Crippen LogP) is 3.30. The molecule has 1 heterocycles. The second-order valence-electron chi connectivity index (χ2n) is 3.83. The van der Waals surface area contributed by atoms with E-state index in [-0.39, 0.29) is 16.6 Å². The molecule has 3 nitrogen and oxygen atoms in total. The Hall–Kier alpha value is -1.82. The molecule has 0 radical (unpaired) electrons. The van der Waals surface area contributed by atoms with Gasteiger partial charge >= 0.3 is 0 Å². The van der Waals surface area contributed by atoms with Crippen molar-refractivity contribution in [3.05, 3.63) is 58.3 Å². The van der Waals surface area contributed by atoms with Gasteiger partial charge in [-0.25, -0.2) is 8.78 Å². The Morgan fingerprint density at radius 2 is 2.11 bits per heavy atom. The fourth-order valence-corrected chi connectivity index (χ4v) is 1.82. The molecule has 2 rings (SSSR count). The number of halogens is 3. The summed E-state index contributed by atoms with van der Waals surface area (Å²) >= 11 is 2.86. The molecule has 0 unspecified atom stereocenters. The van der Waals surface area contributed by atoms with E-state index in [4.69, 9.17) is 0 Å². The number of aromatic nitrogens is 1. The highest BCUT2D eigenvalue weighted by Crippen LogP contribution is 2.23. The van der Waals surface area contributed by atoms with Crippen molar-refractivity contribution in [2.45, 2.75) is 6.42 Å². The predicted molar refractivity (Wildman–Crippen MR) is 70.6 cm³/mol. The van der Waals surface area contributed by atoms with Gasteiger partial charge in [-0.2, -0.15) is 0 Å². The van der Waals surface area contributed by atoms with E-state index in [0.717, 1.165) is 12.1 Å². The monoisotopic (exact) mass is 326 g/mol. The minimum Gasteiger partial charge on any atom is -0.323 e. The van der Waals surface area contributed by atoms with Crippen LogP contribution < -0.4 is 5.32 Å². The topological polar surface area (TPSA) is 42.0 Å². The van der Waals surface area contributed by atoms with Crippen molar-refractivity contribution < 1.29 is 13.6 Å². The van der Waals surface area contributed by atoms with E-state index < -0.39 is 17.5 Å². The number of carbonyl (C=O) groups is 1. The Kier molecular flexibility index (Phi) is 4.21. The summed E-state index contributed by atoms with van der Waals surface area (Å²) in [4.78, 5) is 15.6. The number of pyridine rings is 1. The zero-order chi connectivity index (χ0) is 13.8. The summed E-state index contributed by atoms with van der Waals surface area (Å²) in [6, 6.07) is 5.32. The van der Waals surface area contributed by atoms with Crippen LogP contribution in [0.5, 0.6) is 0 Å². The molecule has 0 aliphatic carbocycles. The molecule has 2 aromatic rings. The zero-order valence-corrected chi connectivity index (χ0v) is 11.2. The second kappa shape index (κ2) is 5.88. The Balaban J connectivity index is 2.09. The van der Waals surface area contributed by atoms with Crippen molar-refractivity contribution >= 4 is 27.5 Å². The number of hydrogen-bond donors (Lipinski definition) is 1. The smallest absolute Gasteiger partial charge is 0.228 e. The third-order valence-electron chi connectivity index (χ3n) is 2.37. The summed E-state index contributed by atoms with van der Waals surface area (Å²) in [5.41, 5.74) is 0.507. The fourth-order valence-electron chi connectivity index (χ4n) is 1.50. The molecule has 0 saturated heterocycles. The van der Waals surface area contributed by atoms with Crippen LogP contribution in [-0.2, 0) is 11.2 Å². The lowest BCUT2D eigenvalue weighted by atomic mass is 10.2. The number of rotatable bonds is 3. The van der Waals surface area contributed by atoms with Crippen LogP contribution in [0, 0.1) is 11.6 Å². The van der Waals surface area contributed by atoms with Crippen LogP contribution in [0.4, 0.5) is 14.5 Å². The molecular formula is C13H9BrF2N2O. The van der Waals surface area contributed by atoms with E-state index >= 15 is 0 Å². The minimum absolute atomic E-state index is 0.00950. The van der Waals surface area contributed by atoms with Crippen LogP contribution in [0.15, 0.2) is 41.1 Å². The number of anilines is 1. The molecule has 0 atom stereocenters. The lowest BCUT2D eigenvalue weighted by Crippen LogP contribution is -2.15. The quantitative estimate of drug-likeness (QED) is 0.879. The van der Waals surface area contributed by atoms with Gasteiger partial charge in [-0.3, -0.25) is 9.78 Å². The van der Waals surface area contributed by atoms with Crippen molar-refractivity contribution in [1.29, 1.82) is 0 Å². The van der Waals surface area contributed by atoms with Crippen molar-refractivity contribution in [3.63, 3.8) is 0 Å². The molecule has 98 valence electrons. The molecule has 19 heavy (non-hydrogen) atoms. The Labute approximate surface area is 116 Å². The average molecular weight is 327 g/mol. The summed E-state index contributed by atoms with van der Waals surface area (Å²) in [6.07, 6.45) is 3.17. The van der Waals surface area contributed by atoms with Crippen LogP contribution in [0.25, 0.3) is 0 Å². The van der Waals surface area contributed by atoms with Gasteiger partial charge in [0.05, 0.1) is 16.6 Å². The van der Waals surface area contributed by atoms with Crippen molar-refractivity contribution in [2.75, 3.05) is 5.32 Å². The molecule has 1 aromatic heterocycles. The van der Waals surface area contributed by atoms with Crippen LogP contribution in [0.3, 0.4) is 0 Å². The van der Waals surface area contributed by atoms with Crippen LogP contribution in [0.2, 0.25) is 0 Å². The first-order valence-corrected chi connectivity index (χ1v) is 6.19. The Morgan fingerprint density at radius 1 is 1.32 bits per heavy atom. The lowest BCUT2D eigenvalue weighted by molar-refractivity contribution is -0.115. The molecule has 0 aliphatic heterocycles. The van der Waals surface area contributed by atoms with Crippen LogP contribution >= 0.6 is 15.9 Å². The van der Waals surface area contributed by atoms with Gasteiger partial charge in [-0.15, -0.1) is 0 Å². The van der Waals surface area contributed by atoms with E-state index in [0.29, 0.717) is 5.56 Å². The van der Waals surface area contributed by atoms with E-state index in [2.05, 4.69) is 26.2 Å². The van der Waals surface area contributed by atoms with Gasteiger partial charge in [-0.05, 0) is 33.6 Å². The van der Waals surface area contributed by atoms with Crippen molar-refractivity contribution in [3.8, 4) is 0 Å². The molecule has 0 spiro atoms. The number of amides is 1. The summed E-state index contributed by atoms with van der Waals surface area (Å²) in [5, 5.41) is 2.32. The summed E-state index contributed by atoms with van der Waals surface area (Å²) in [6.45, 7) is 0. The molecule has 1 N–H and O–H groups in total. The number of hydrogen-bond acceptors (Lipinski definition) is 2. The van der Waals surface area contributed by atoms with Gasteiger partial charge in [0.2, 0.25) is 5.91 Å². The maximum Gasteiger partial charge on any atom is 0.228 e. The zero-order valence-electron chi connectivity index (χ0n) is 9.66. The van der Waals surface area contributed by atoms with Gasteiger partial charge in [0.15, 0.2) is 0 Å². The molecular weight excluding hydrogens is 318 g/mol. The van der Waals surface area contributed by atoms with E-state index in [1.807, 2.05) is 0 Å². The SMILES string of the molecule is O=C(Cc1cccnc1)Nc1cc(F)c(Br)cc1F. The highest BCUT2D eigenvalue weighted by molar-refractivity contribution is 9.10. The van der Waals surface area contributed by atoms with Gasteiger partial charge in [-0.1, -0.05) is 6.07 Å². The number of nitrogens with zero attached hydrogens (tertiary/aromatic N) is 1. The molecule has 1 aromatic carbocycles. The summed E-state index contributed by atoms with van der Waals surface area (Å²) in [7, 11) is 0. The first-order valence-electron chi connectivity index (χ1n) is 5.39. The highest BCUT2D eigenvalue weighted by Gasteiger charge is 2.11. The third-order valence-corrected chi connectivity index (χ3v) is 2.98. The molecule has 0 fully saturated rings. The minimum atomic E-state index is -0.701. The van der Waals surface area contributed by atoms with Gasteiger partial charge < -0.3 is 5.32 Å². The largest absolute Gasteiger partial charge is 0.323 e. The van der Waals surface area contributed by atoms with E-state index in [9.17, 15) is 13.6 Å². The molecule has 1 amide bonds. The maximum atomic E-state index is 13.5. The second-order valence-corrected chi connectivity index (χ2v) is 4.69. The number of benzene rings is 1. The molecule has 0 saturated carbocycles. The lowest BCUT2D eigenvalue weighted by Gasteiger charge is -2.07. The third kappa shape index (κ3) is 3.57. The van der Waals surface area contributed by atoms with Crippen molar-refractivity contribution in [1.82, 2.24) is 4.98 Å². The molecule has 0 aliphatic rings. The average Bonchev–Trinajstić information content (AvgIpc) is 2.37. The maximum absolute atomic E-state index is 13.5. The van der Waals surface area contributed by atoms with E-state index in [1.165, 1.54) is 6.20 Å². The fraction of sp³-hybridized carbons (Fsp3) is 0.0769. The van der Waals surface area contributed by atoms with Gasteiger partial charge in [0, 0.05) is 18.5 Å². The van der Waals surface area contributed by atoms with Crippen LogP contribution in [-0.4, -0.2) is 10.9 Å². The van der Waals surface area contributed by atoms with Gasteiger partial charge in [0.1, 0.15) is 11.6 Å². The van der Waals surface area contributed by atoms with E-state index in [1.54, 1.807) is 18.3 Å². The standard InChI is InChI=1S/C13H9BrF2N2O/c14-9-5-11(16)12(6-10(9)15)18-13(19)4-8-2-1-3-17-7-8/h1-3,5-7H,4H2,(H,18,19). The van der Waals surface area contributed by atoms with Crippen LogP contribution in [0.1, 0.15) is 5.56 Å². The summed E-state index contributed by atoms with van der Waals surface area (Å²) < 4.78 is 26.8. The first-order chi connectivity index (χ1) is 9.06. The van der Waals surface area contributed by atoms with Gasteiger partial charge in [0.25, 0.3) is 0 Å². The molecule has 0 bridgehead atoms. The van der Waals surface area contributed by atoms with Crippen molar-refractivity contribution in [2.24, 2.45) is 0 Å². The number of nitrogens with one attached hydrogen (secondary N) is 1. The Bertz CT molecular complexity index is 605. The Morgan fingerprint density at radius 3 is 2.79 bits per heavy atom. The normalized spacial score (nSPS) is 10.3. The highest BCUT2D eigenvalue weighted by atomic mass is 79.9. The summed E-state index contributed by atoms with van der Waals surface area (Å²) in [5.74, 6) is -1.78.